The number of rotatable bonds is 2. The molecule has 1 atom stereocenters. The van der Waals surface area contributed by atoms with E-state index in [4.69, 9.17) is 10.8 Å². The number of aliphatic carboxylic acids is 1. The van der Waals surface area contributed by atoms with E-state index in [9.17, 15) is 4.79 Å². The van der Waals surface area contributed by atoms with Crippen molar-refractivity contribution in [1.29, 1.82) is 0 Å². The molecular formula is C19H36IrN2O2P3-. The monoisotopic (exact) mass is 610 g/mol. The third kappa shape index (κ3) is 19.2. The molecule has 2 rings (SSSR count). The van der Waals surface area contributed by atoms with Crippen molar-refractivity contribution >= 4 is 40.6 Å². The molecule has 159 valence electrons. The largest absolute Gasteiger partial charge is 0.661 e. The molecule has 27 heavy (non-hydrogen) atoms. The van der Waals surface area contributed by atoms with Crippen molar-refractivity contribution in [3.05, 3.63) is 41.8 Å². The molecule has 0 fully saturated rings. The summed E-state index contributed by atoms with van der Waals surface area (Å²) in [6.07, 6.45) is 1.58. The number of H-pyrrole nitrogens is 1. The average molecular weight is 610 g/mol. The maximum absolute atomic E-state index is 10.6. The van der Waals surface area contributed by atoms with Crippen molar-refractivity contribution in [2.45, 2.75) is 6.04 Å². The maximum atomic E-state index is 10.6. The molecule has 3 N–H and O–H groups in total. The molecule has 0 aliphatic rings. The minimum atomic E-state index is -1.22. The molecule has 0 saturated carbocycles. The number of carboxylic acid groups (broad SMARTS) is 1. The summed E-state index contributed by atoms with van der Waals surface area (Å²) >= 11 is 0. The molecule has 1 aromatic heterocycles. The van der Waals surface area contributed by atoms with Crippen LogP contribution in [0.15, 0.2) is 30.5 Å². The van der Waals surface area contributed by atoms with Crippen LogP contribution >= 0.6 is 23.8 Å². The molecule has 1 unspecified atom stereocenters. The number of nitrogens with one attached hydrogen (secondary N) is 2. The van der Waals surface area contributed by atoms with E-state index >= 15 is 0 Å². The van der Waals surface area contributed by atoms with Gasteiger partial charge in [0.25, 0.3) is 5.97 Å². The fourth-order valence-corrected chi connectivity index (χ4v) is 1.47. The Labute approximate surface area is 183 Å². The Morgan fingerprint density at radius 2 is 1.30 bits per heavy atom. The number of hydrogen-bond acceptors (Lipinski definition) is 1. The molecule has 1 aromatic carbocycles. The quantitative estimate of drug-likeness (QED) is 0.386. The van der Waals surface area contributed by atoms with Crippen LogP contribution in [-0.2, 0) is 24.9 Å². The zero-order valence-electron chi connectivity index (χ0n) is 18.0. The second-order valence-electron chi connectivity index (χ2n) is 7.09. The van der Waals surface area contributed by atoms with E-state index < -0.39 is 12.0 Å². The summed E-state index contributed by atoms with van der Waals surface area (Å²) in [5, 5.41) is 9.51. The van der Waals surface area contributed by atoms with Gasteiger partial charge in [-0.25, -0.2) is 0 Å². The van der Waals surface area contributed by atoms with E-state index in [0.29, 0.717) is 29.3 Å². The van der Waals surface area contributed by atoms with E-state index in [2.05, 4.69) is 65.0 Å². The van der Waals surface area contributed by atoms with Crippen molar-refractivity contribution in [1.82, 2.24) is 4.98 Å². The van der Waals surface area contributed by atoms with Crippen LogP contribution in [0, 0.1) is 0 Å². The van der Waals surface area contributed by atoms with Gasteiger partial charge in [-0.2, -0.15) is 0 Å². The van der Waals surface area contributed by atoms with E-state index in [1.165, 1.54) is 0 Å². The standard InChI is InChI=1S/C10H9N2O2.3C3H9P.Ir/c11-9(10(13)14)7-5-12-8-4-2-1-3-6(7)8;3*1-4(2)3;/h1-5,9,11-12H,(H,13,14);3*1-3H3;/q-1;;;;. The number of fused-ring (bicyclic) bond motifs is 1. The number of carboxylic acids is 1. The van der Waals surface area contributed by atoms with Crippen LogP contribution in [0.2, 0.25) is 0 Å². The van der Waals surface area contributed by atoms with Crippen LogP contribution < -0.4 is 0 Å². The van der Waals surface area contributed by atoms with Crippen molar-refractivity contribution < 1.29 is 30.0 Å². The number of aromatic nitrogens is 1. The molecule has 0 saturated heterocycles. The van der Waals surface area contributed by atoms with Crippen molar-refractivity contribution in [3.8, 4) is 0 Å². The van der Waals surface area contributed by atoms with Gasteiger partial charge in [-0.15, -0.1) is 23.8 Å². The molecule has 0 bridgehead atoms. The van der Waals surface area contributed by atoms with Gasteiger partial charge in [-0.1, -0.05) is 18.2 Å². The molecule has 0 amide bonds. The Morgan fingerprint density at radius 1 is 0.926 bits per heavy atom. The van der Waals surface area contributed by atoms with Crippen molar-refractivity contribution in [3.63, 3.8) is 0 Å². The van der Waals surface area contributed by atoms with E-state index in [1.807, 2.05) is 24.3 Å². The summed E-state index contributed by atoms with van der Waals surface area (Å²) in [5.41, 5.74) is 8.82. The Kier molecular flexibility index (Phi) is 21.4. The minimum absolute atomic E-state index is 0. The predicted molar refractivity (Wildman–Crippen MR) is 127 cm³/mol. The number of hydrogen-bond donors (Lipinski definition) is 2. The molecule has 4 nitrogen and oxygen atoms in total. The van der Waals surface area contributed by atoms with E-state index in [1.54, 1.807) is 6.20 Å². The van der Waals surface area contributed by atoms with Crippen LogP contribution in [-0.4, -0.2) is 76.0 Å². The molecule has 8 heteroatoms. The third-order valence-corrected chi connectivity index (χ3v) is 2.18. The molecule has 0 spiro atoms. The fourth-order valence-electron chi connectivity index (χ4n) is 1.47. The van der Waals surface area contributed by atoms with Crippen LogP contribution in [0.4, 0.5) is 0 Å². The average Bonchev–Trinajstić information content (AvgIpc) is 2.88. The Morgan fingerprint density at radius 3 is 1.67 bits per heavy atom. The van der Waals surface area contributed by atoms with Crippen LogP contribution in [0.1, 0.15) is 11.6 Å². The first-order valence-electron chi connectivity index (χ1n) is 8.22. The zero-order valence-corrected chi connectivity index (χ0v) is 23.1. The summed E-state index contributed by atoms with van der Waals surface area (Å²) < 4.78 is 0. The first-order chi connectivity index (χ1) is 11.9. The van der Waals surface area contributed by atoms with Crippen LogP contribution in [0.25, 0.3) is 16.6 Å². The topological polar surface area (TPSA) is 76.9 Å². The number of para-hydroxylation sites is 1. The van der Waals surface area contributed by atoms with Crippen molar-refractivity contribution in [2.75, 3.05) is 60.0 Å². The van der Waals surface area contributed by atoms with Crippen molar-refractivity contribution in [2.24, 2.45) is 0 Å². The van der Waals surface area contributed by atoms with Gasteiger partial charge < -0.3 is 15.8 Å². The Balaban J connectivity index is -0.000000371. The summed E-state index contributed by atoms with van der Waals surface area (Å²) in [6.45, 7) is 20.1. The summed E-state index contributed by atoms with van der Waals surface area (Å²) in [5.74, 6) is -1.13. The predicted octanol–water partition coefficient (Wildman–Crippen LogP) is 6.42. The Hall–Kier alpha value is 0.129. The first kappa shape index (κ1) is 31.8. The van der Waals surface area contributed by atoms with Crippen LogP contribution in [0.5, 0.6) is 0 Å². The van der Waals surface area contributed by atoms with Gasteiger partial charge in [0.2, 0.25) is 0 Å². The van der Waals surface area contributed by atoms with Crippen LogP contribution in [0.3, 0.4) is 0 Å². The second kappa shape index (κ2) is 18.2. The van der Waals surface area contributed by atoms with Gasteiger partial charge >= 0.3 is 0 Å². The molecule has 1 heterocycles. The molecule has 0 aliphatic heterocycles. The van der Waals surface area contributed by atoms with Gasteiger partial charge in [0.15, 0.2) is 0 Å². The maximum Gasteiger partial charge on any atom is 0.289 e. The third-order valence-electron chi connectivity index (χ3n) is 2.18. The molecular weight excluding hydrogens is 573 g/mol. The normalized spacial score (nSPS) is 10.7. The zero-order chi connectivity index (χ0) is 20.9. The summed E-state index contributed by atoms with van der Waals surface area (Å²) in [7, 11) is 1.14. The number of carbonyl (C=O) groups is 1. The minimum Gasteiger partial charge on any atom is -0.661 e. The van der Waals surface area contributed by atoms with E-state index in [0.717, 1.165) is 10.9 Å². The summed E-state index contributed by atoms with van der Waals surface area (Å²) in [4.78, 5) is 13.6. The smallest absolute Gasteiger partial charge is 0.289 e. The molecule has 2 aromatic rings. The van der Waals surface area contributed by atoms with E-state index in [-0.39, 0.29) is 20.1 Å². The SMILES string of the molecule is CP(C)C.CP(C)C.CP(C)C.[Ir].[NH-]C(C(=O)O)c1c[nH]c2ccccc12. The molecule has 0 aliphatic carbocycles. The second-order valence-corrected chi connectivity index (χ2v) is 15.1. The fraction of sp³-hybridized carbons (Fsp3) is 0.526. The number of aromatic amines is 1. The number of benzene rings is 1. The Bertz CT molecular complexity index is 597. The van der Waals surface area contributed by atoms with Gasteiger partial charge in [0, 0.05) is 37.2 Å². The molecule has 1 radical (unpaired) electrons. The summed E-state index contributed by atoms with van der Waals surface area (Å²) in [6, 6.07) is 6.14. The van der Waals surface area contributed by atoms with Gasteiger partial charge in [0.1, 0.15) is 0 Å². The van der Waals surface area contributed by atoms with Gasteiger partial charge in [-0.05, 0) is 77.7 Å². The first-order valence-corrected chi connectivity index (χ1v) is 16.3. The van der Waals surface area contributed by atoms with Gasteiger partial charge in [0.05, 0.1) is 0 Å². The van der Waals surface area contributed by atoms with Gasteiger partial charge in [-0.3, -0.25) is 4.79 Å².